The van der Waals surface area contributed by atoms with Crippen LogP contribution >= 0.6 is 0 Å². The van der Waals surface area contributed by atoms with Crippen molar-refractivity contribution in [2.75, 3.05) is 7.05 Å². The molecule has 0 amide bonds. The average molecular weight is 178 g/mol. The van der Waals surface area contributed by atoms with E-state index in [1.165, 1.54) is 5.56 Å². The van der Waals surface area contributed by atoms with Crippen LogP contribution in [0, 0.1) is 0 Å². The minimum atomic E-state index is 0.142. The second-order valence-electron chi connectivity index (χ2n) is 3.44. The first-order chi connectivity index (χ1) is 6.24. The summed E-state index contributed by atoms with van der Waals surface area (Å²) in [5, 5.41) is 3.19. The van der Waals surface area contributed by atoms with Gasteiger partial charge in [-0.2, -0.15) is 0 Å². The van der Waals surface area contributed by atoms with Crippen LogP contribution in [0.1, 0.15) is 24.9 Å². The van der Waals surface area contributed by atoms with Crippen molar-refractivity contribution < 1.29 is 0 Å². The Morgan fingerprint density at radius 2 is 1.92 bits per heavy atom. The Labute approximate surface area is 80.1 Å². The maximum atomic E-state index is 6.03. The molecule has 0 radical (unpaired) electrons. The minimum Gasteiger partial charge on any atom is -0.324 e. The van der Waals surface area contributed by atoms with Crippen LogP contribution < -0.4 is 11.1 Å². The summed E-state index contributed by atoms with van der Waals surface area (Å²) >= 11 is 0. The minimum absolute atomic E-state index is 0.142. The quantitative estimate of drug-likeness (QED) is 0.736. The van der Waals surface area contributed by atoms with Gasteiger partial charge in [0.15, 0.2) is 0 Å². The first-order valence-electron chi connectivity index (χ1n) is 4.72. The molecule has 0 aliphatic carbocycles. The summed E-state index contributed by atoms with van der Waals surface area (Å²) in [6.45, 7) is 2.14. The standard InChI is InChI=1S/C11H18N2/c1-9(13-2)8-11(12)10-6-4-3-5-7-10/h3-7,9,11,13H,8,12H2,1-2H3/t9-,11?/m1/s1. The highest BCUT2D eigenvalue weighted by atomic mass is 14.9. The van der Waals surface area contributed by atoms with E-state index in [-0.39, 0.29) is 6.04 Å². The SMILES string of the molecule is CN[C@H](C)CC(N)c1ccccc1. The molecule has 0 saturated carbocycles. The summed E-state index contributed by atoms with van der Waals surface area (Å²) in [7, 11) is 1.96. The van der Waals surface area contributed by atoms with Gasteiger partial charge in [-0.3, -0.25) is 0 Å². The Bertz CT molecular complexity index is 233. The van der Waals surface area contributed by atoms with Crippen molar-refractivity contribution in [3.05, 3.63) is 35.9 Å². The van der Waals surface area contributed by atoms with Crippen LogP contribution in [-0.2, 0) is 0 Å². The summed E-state index contributed by atoms with van der Waals surface area (Å²) in [6.07, 6.45) is 0.973. The molecular weight excluding hydrogens is 160 g/mol. The summed E-state index contributed by atoms with van der Waals surface area (Å²) in [6, 6.07) is 10.8. The van der Waals surface area contributed by atoms with Crippen LogP contribution in [0.15, 0.2) is 30.3 Å². The molecule has 1 aromatic rings. The molecule has 2 nitrogen and oxygen atoms in total. The van der Waals surface area contributed by atoms with Crippen LogP contribution in [-0.4, -0.2) is 13.1 Å². The topological polar surface area (TPSA) is 38.0 Å². The molecule has 13 heavy (non-hydrogen) atoms. The molecule has 0 saturated heterocycles. The molecule has 3 N–H and O–H groups in total. The van der Waals surface area contributed by atoms with Crippen molar-refractivity contribution in [1.82, 2.24) is 5.32 Å². The molecule has 0 aliphatic heterocycles. The van der Waals surface area contributed by atoms with E-state index in [1.54, 1.807) is 0 Å². The number of rotatable bonds is 4. The second-order valence-corrected chi connectivity index (χ2v) is 3.44. The van der Waals surface area contributed by atoms with E-state index >= 15 is 0 Å². The molecule has 0 aromatic heterocycles. The van der Waals surface area contributed by atoms with Gasteiger partial charge in [-0.25, -0.2) is 0 Å². The average Bonchev–Trinajstić information content (AvgIpc) is 2.19. The first kappa shape index (κ1) is 10.2. The Kier molecular flexibility index (Phi) is 3.93. The van der Waals surface area contributed by atoms with Gasteiger partial charge < -0.3 is 11.1 Å². The number of hydrogen-bond donors (Lipinski definition) is 2. The molecule has 1 rings (SSSR count). The van der Waals surface area contributed by atoms with E-state index in [0.717, 1.165) is 6.42 Å². The smallest absolute Gasteiger partial charge is 0.0309 e. The third-order valence-corrected chi connectivity index (χ3v) is 2.33. The van der Waals surface area contributed by atoms with Gasteiger partial charge in [-0.15, -0.1) is 0 Å². The normalized spacial score (nSPS) is 15.3. The van der Waals surface area contributed by atoms with Gasteiger partial charge in [0.25, 0.3) is 0 Å². The maximum Gasteiger partial charge on any atom is 0.0309 e. The molecule has 2 heteroatoms. The fourth-order valence-electron chi connectivity index (χ4n) is 1.34. The molecule has 0 fully saturated rings. The van der Waals surface area contributed by atoms with E-state index in [0.29, 0.717) is 6.04 Å². The number of nitrogens with one attached hydrogen (secondary N) is 1. The van der Waals surface area contributed by atoms with Gasteiger partial charge >= 0.3 is 0 Å². The van der Waals surface area contributed by atoms with Crippen molar-refractivity contribution in [3.8, 4) is 0 Å². The lowest BCUT2D eigenvalue weighted by molar-refractivity contribution is 0.504. The highest BCUT2D eigenvalue weighted by Gasteiger charge is 2.08. The molecule has 0 aliphatic rings. The van der Waals surface area contributed by atoms with Gasteiger partial charge in [0.1, 0.15) is 0 Å². The molecule has 72 valence electrons. The van der Waals surface area contributed by atoms with E-state index in [1.807, 2.05) is 25.2 Å². The van der Waals surface area contributed by atoms with Crippen molar-refractivity contribution in [2.24, 2.45) is 5.73 Å². The van der Waals surface area contributed by atoms with Crippen LogP contribution in [0.3, 0.4) is 0 Å². The summed E-state index contributed by atoms with van der Waals surface area (Å²) in [5.74, 6) is 0. The zero-order valence-electron chi connectivity index (χ0n) is 8.33. The monoisotopic (exact) mass is 178 g/mol. The summed E-state index contributed by atoms with van der Waals surface area (Å²) in [4.78, 5) is 0. The lowest BCUT2D eigenvalue weighted by Gasteiger charge is -2.16. The van der Waals surface area contributed by atoms with Gasteiger partial charge in [0.05, 0.1) is 0 Å². The van der Waals surface area contributed by atoms with Gasteiger partial charge in [0.2, 0.25) is 0 Å². The van der Waals surface area contributed by atoms with Crippen molar-refractivity contribution in [3.63, 3.8) is 0 Å². The van der Waals surface area contributed by atoms with E-state index in [9.17, 15) is 0 Å². The fraction of sp³-hybridized carbons (Fsp3) is 0.455. The largest absolute Gasteiger partial charge is 0.324 e. The molecule has 1 unspecified atom stereocenters. The number of nitrogens with two attached hydrogens (primary N) is 1. The Hall–Kier alpha value is -0.860. The molecule has 1 aromatic carbocycles. The Morgan fingerprint density at radius 3 is 2.46 bits per heavy atom. The van der Waals surface area contributed by atoms with Crippen molar-refractivity contribution >= 4 is 0 Å². The molecular formula is C11H18N2. The highest BCUT2D eigenvalue weighted by Crippen LogP contribution is 2.14. The van der Waals surface area contributed by atoms with E-state index < -0.39 is 0 Å². The van der Waals surface area contributed by atoms with Crippen LogP contribution in [0.2, 0.25) is 0 Å². The van der Waals surface area contributed by atoms with E-state index in [4.69, 9.17) is 5.73 Å². The summed E-state index contributed by atoms with van der Waals surface area (Å²) < 4.78 is 0. The molecule has 0 spiro atoms. The highest BCUT2D eigenvalue weighted by molar-refractivity contribution is 5.18. The van der Waals surface area contributed by atoms with Gasteiger partial charge in [-0.05, 0) is 26.0 Å². The Morgan fingerprint density at radius 1 is 1.31 bits per heavy atom. The van der Waals surface area contributed by atoms with E-state index in [2.05, 4.69) is 24.4 Å². The molecule has 2 atom stereocenters. The molecule has 0 bridgehead atoms. The fourth-order valence-corrected chi connectivity index (χ4v) is 1.34. The second kappa shape index (κ2) is 5.00. The Balaban J connectivity index is 2.53. The van der Waals surface area contributed by atoms with Gasteiger partial charge in [0, 0.05) is 12.1 Å². The van der Waals surface area contributed by atoms with Crippen LogP contribution in [0.25, 0.3) is 0 Å². The lowest BCUT2D eigenvalue weighted by Crippen LogP contribution is -2.26. The zero-order chi connectivity index (χ0) is 9.68. The third kappa shape index (κ3) is 3.17. The maximum absolute atomic E-state index is 6.03. The zero-order valence-corrected chi connectivity index (χ0v) is 8.33. The lowest BCUT2D eigenvalue weighted by atomic mass is 10.0. The predicted molar refractivity (Wildman–Crippen MR) is 56.5 cm³/mol. The van der Waals surface area contributed by atoms with Gasteiger partial charge in [-0.1, -0.05) is 30.3 Å². The molecule has 0 heterocycles. The van der Waals surface area contributed by atoms with Crippen LogP contribution in [0.5, 0.6) is 0 Å². The number of hydrogen-bond acceptors (Lipinski definition) is 2. The predicted octanol–water partition coefficient (Wildman–Crippen LogP) is 1.68. The third-order valence-electron chi connectivity index (χ3n) is 2.33. The van der Waals surface area contributed by atoms with Crippen LogP contribution in [0.4, 0.5) is 0 Å². The number of benzene rings is 1. The van der Waals surface area contributed by atoms with Crippen molar-refractivity contribution in [2.45, 2.75) is 25.4 Å². The first-order valence-corrected chi connectivity index (χ1v) is 4.72. The van der Waals surface area contributed by atoms with Crippen molar-refractivity contribution in [1.29, 1.82) is 0 Å². The summed E-state index contributed by atoms with van der Waals surface area (Å²) in [5.41, 5.74) is 7.24.